The van der Waals surface area contributed by atoms with E-state index in [4.69, 9.17) is 4.74 Å². The Morgan fingerprint density at radius 1 is 0.765 bits per heavy atom. The minimum atomic E-state index is -0.183. The number of hydrogen-bond acceptors (Lipinski definition) is 3. The van der Waals surface area contributed by atoms with Crippen molar-refractivity contribution < 1.29 is 9.53 Å². The monoisotopic (exact) mass is 459 g/mol. The maximum atomic E-state index is 11.5. The van der Waals surface area contributed by atoms with Crippen LogP contribution in [0.15, 0.2) is 48.5 Å². The second-order valence-electron chi connectivity index (χ2n) is 11.0. The first-order chi connectivity index (χ1) is 16.7. The van der Waals surface area contributed by atoms with Crippen molar-refractivity contribution in [3.8, 4) is 0 Å². The van der Waals surface area contributed by atoms with E-state index in [-0.39, 0.29) is 24.0 Å². The van der Waals surface area contributed by atoms with Gasteiger partial charge in [-0.05, 0) is 59.8 Å². The Hall–Kier alpha value is -2.13. The highest BCUT2D eigenvalue weighted by Gasteiger charge is 2.34. The summed E-state index contributed by atoms with van der Waals surface area (Å²) in [5.41, 5.74) is 5.75. The first-order valence-electron chi connectivity index (χ1n) is 13.8. The molecule has 34 heavy (non-hydrogen) atoms. The lowest BCUT2D eigenvalue weighted by Gasteiger charge is -2.27. The van der Waals surface area contributed by atoms with Gasteiger partial charge in [0.2, 0.25) is 0 Å². The molecule has 0 radical (unpaired) electrons. The van der Waals surface area contributed by atoms with Crippen LogP contribution in [0.25, 0.3) is 0 Å². The Balaban J connectivity index is 1.39. The van der Waals surface area contributed by atoms with Gasteiger partial charge in [-0.15, -0.1) is 0 Å². The average molecular weight is 460 g/mol. The summed E-state index contributed by atoms with van der Waals surface area (Å²) in [6, 6.07) is 19.3. The van der Waals surface area contributed by atoms with Crippen molar-refractivity contribution in [2.75, 3.05) is 6.54 Å². The summed E-state index contributed by atoms with van der Waals surface area (Å²) in [6.07, 6.45) is 14.4. The molecule has 5 rings (SSSR count). The van der Waals surface area contributed by atoms with Crippen molar-refractivity contribution in [1.82, 2.24) is 5.32 Å². The molecule has 2 aromatic rings. The van der Waals surface area contributed by atoms with E-state index in [2.05, 4.69) is 53.8 Å². The summed E-state index contributed by atoms with van der Waals surface area (Å²) < 4.78 is 5.56. The normalized spacial score (nSPS) is 24.4. The van der Waals surface area contributed by atoms with E-state index in [1.165, 1.54) is 93.4 Å². The van der Waals surface area contributed by atoms with Gasteiger partial charge in [0, 0.05) is 31.8 Å². The molecule has 1 saturated heterocycles. The quantitative estimate of drug-likeness (QED) is 0.464. The number of ether oxygens (including phenoxy) is 1. The second kappa shape index (κ2) is 11.1. The van der Waals surface area contributed by atoms with Crippen LogP contribution in [0.3, 0.4) is 0 Å². The minimum Gasteiger partial charge on any atom is -0.461 e. The van der Waals surface area contributed by atoms with Gasteiger partial charge >= 0.3 is 5.97 Å². The van der Waals surface area contributed by atoms with Gasteiger partial charge in [-0.1, -0.05) is 87.1 Å². The fraction of sp³-hybridized carbons (Fsp3) is 0.581. The van der Waals surface area contributed by atoms with Crippen LogP contribution in [-0.2, 0) is 9.53 Å². The number of carbonyl (C=O) groups is 1. The molecule has 3 heteroatoms. The number of benzene rings is 2. The number of esters is 1. The van der Waals surface area contributed by atoms with Gasteiger partial charge in [-0.25, -0.2) is 0 Å². The van der Waals surface area contributed by atoms with Gasteiger partial charge in [0.05, 0.1) is 0 Å². The van der Waals surface area contributed by atoms with Crippen LogP contribution < -0.4 is 5.32 Å². The largest absolute Gasteiger partial charge is 0.461 e. The molecule has 1 heterocycles. The van der Waals surface area contributed by atoms with Crippen LogP contribution >= 0.6 is 0 Å². The summed E-state index contributed by atoms with van der Waals surface area (Å²) in [7, 11) is 0. The first kappa shape index (κ1) is 23.6. The fourth-order valence-electron chi connectivity index (χ4n) is 6.79. The Labute approximate surface area is 205 Å². The Bertz CT molecular complexity index is 861. The highest BCUT2D eigenvalue weighted by atomic mass is 16.5. The molecule has 1 N–H and O–H groups in total. The molecule has 2 unspecified atom stereocenters. The zero-order valence-electron chi connectivity index (χ0n) is 20.8. The molecule has 0 bridgehead atoms. The molecule has 2 atom stereocenters. The molecule has 0 aromatic heterocycles. The number of nitrogens with one attached hydrogen (secondary N) is 1. The molecular formula is C31H41NO2. The second-order valence-corrected chi connectivity index (χ2v) is 11.0. The van der Waals surface area contributed by atoms with E-state index in [9.17, 15) is 4.79 Å². The molecule has 3 nitrogen and oxygen atoms in total. The fourth-order valence-corrected chi connectivity index (χ4v) is 6.79. The summed E-state index contributed by atoms with van der Waals surface area (Å²) >= 11 is 0. The van der Waals surface area contributed by atoms with E-state index in [1.54, 1.807) is 0 Å². The van der Waals surface area contributed by atoms with Crippen molar-refractivity contribution in [3.63, 3.8) is 0 Å². The van der Waals surface area contributed by atoms with Gasteiger partial charge in [0.15, 0.2) is 0 Å². The highest BCUT2D eigenvalue weighted by molar-refractivity contribution is 5.66. The van der Waals surface area contributed by atoms with Gasteiger partial charge in [-0.2, -0.15) is 0 Å². The summed E-state index contributed by atoms with van der Waals surface area (Å²) in [4.78, 5) is 11.5. The van der Waals surface area contributed by atoms with Gasteiger partial charge < -0.3 is 10.1 Å². The molecule has 3 fully saturated rings. The topological polar surface area (TPSA) is 38.3 Å². The van der Waals surface area contributed by atoms with Crippen molar-refractivity contribution in [2.45, 2.75) is 107 Å². The molecule has 0 amide bonds. The minimum absolute atomic E-state index is 0.0342. The van der Waals surface area contributed by atoms with Crippen LogP contribution in [0.5, 0.6) is 0 Å². The third kappa shape index (κ3) is 5.57. The van der Waals surface area contributed by atoms with E-state index in [0.717, 1.165) is 24.8 Å². The predicted octanol–water partition coefficient (Wildman–Crippen LogP) is 7.21. The molecule has 2 aromatic carbocycles. The lowest BCUT2D eigenvalue weighted by Crippen LogP contribution is -2.29. The summed E-state index contributed by atoms with van der Waals surface area (Å²) in [5, 5.41) is 3.69. The smallest absolute Gasteiger partial charge is 0.302 e. The summed E-state index contributed by atoms with van der Waals surface area (Å²) in [5.74, 6) is 1.54. The Morgan fingerprint density at radius 3 is 1.68 bits per heavy atom. The van der Waals surface area contributed by atoms with Crippen LogP contribution in [-0.4, -0.2) is 24.7 Å². The first-order valence-corrected chi connectivity index (χ1v) is 13.8. The number of rotatable bonds is 6. The van der Waals surface area contributed by atoms with E-state index < -0.39 is 0 Å². The molecule has 182 valence electrons. The van der Waals surface area contributed by atoms with Crippen LogP contribution in [0, 0.1) is 0 Å². The molecule has 1 aliphatic heterocycles. The Morgan fingerprint density at radius 2 is 1.24 bits per heavy atom. The number of hydrogen-bond donors (Lipinski definition) is 1. The molecule has 3 aliphatic rings. The van der Waals surface area contributed by atoms with Crippen molar-refractivity contribution in [2.24, 2.45) is 0 Å². The predicted molar refractivity (Wildman–Crippen MR) is 138 cm³/mol. The highest BCUT2D eigenvalue weighted by Crippen LogP contribution is 2.38. The van der Waals surface area contributed by atoms with Crippen LogP contribution in [0.4, 0.5) is 0 Å². The maximum absolute atomic E-state index is 11.5. The van der Waals surface area contributed by atoms with E-state index >= 15 is 0 Å². The molecular weight excluding hydrogens is 418 g/mol. The molecule has 2 aliphatic carbocycles. The van der Waals surface area contributed by atoms with E-state index in [0.29, 0.717) is 0 Å². The lowest BCUT2D eigenvalue weighted by atomic mass is 9.79. The molecule has 2 saturated carbocycles. The van der Waals surface area contributed by atoms with E-state index in [1.807, 2.05) is 0 Å². The zero-order valence-corrected chi connectivity index (χ0v) is 20.8. The zero-order chi connectivity index (χ0) is 23.3. The van der Waals surface area contributed by atoms with Crippen molar-refractivity contribution in [3.05, 3.63) is 70.8 Å². The standard InChI is InChI=1S/C31H41NO2/c1-22(33)34-29-20-30(32-21-29)31(27-16-12-25(13-17-27)23-8-4-2-5-9-23)28-18-14-26(15-19-28)24-10-6-3-7-11-24/h12-19,23-24,29-32H,2-11,20-21H2,1H3. The maximum Gasteiger partial charge on any atom is 0.302 e. The van der Waals surface area contributed by atoms with Gasteiger partial charge in [-0.3, -0.25) is 4.79 Å². The third-order valence-electron chi connectivity index (χ3n) is 8.60. The van der Waals surface area contributed by atoms with Crippen molar-refractivity contribution >= 4 is 5.97 Å². The van der Waals surface area contributed by atoms with Gasteiger partial charge in [0.25, 0.3) is 0 Å². The van der Waals surface area contributed by atoms with Crippen molar-refractivity contribution in [1.29, 1.82) is 0 Å². The van der Waals surface area contributed by atoms with Gasteiger partial charge in [0.1, 0.15) is 6.10 Å². The Kier molecular flexibility index (Phi) is 7.69. The number of carbonyl (C=O) groups excluding carboxylic acids is 1. The third-order valence-corrected chi connectivity index (χ3v) is 8.60. The average Bonchev–Trinajstić information content (AvgIpc) is 3.33. The van der Waals surface area contributed by atoms with Crippen LogP contribution in [0.1, 0.15) is 118 Å². The molecule has 0 spiro atoms. The summed E-state index contributed by atoms with van der Waals surface area (Å²) in [6.45, 7) is 2.25. The van der Waals surface area contributed by atoms with Crippen LogP contribution in [0.2, 0.25) is 0 Å². The lowest BCUT2D eigenvalue weighted by molar-refractivity contribution is -0.145. The SMILES string of the molecule is CC(=O)OC1CNC(C(c2ccc(C3CCCCC3)cc2)c2ccc(C3CCCCC3)cc2)C1.